The Balaban J connectivity index is 2.83. The molecule has 19 heavy (non-hydrogen) atoms. The van der Waals surface area contributed by atoms with Gasteiger partial charge >= 0.3 is 6.18 Å². The fourth-order valence-corrected chi connectivity index (χ4v) is 1.61. The SMILES string of the molecule is CN(C)C(C(=O)NCC(F)(F)F)c1ccc(F)cc1. The maximum atomic E-state index is 12.8. The Morgan fingerprint density at radius 3 is 2.21 bits per heavy atom. The minimum absolute atomic E-state index is 0.422. The molecule has 1 aromatic rings. The van der Waals surface area contributed by atoms with Crippen molar-refractivity contribution in [2.45, 2.75) is 12.2 Å². The third-order valence-electron chi connectivity index (χ3n) is 2.41. The van der Waals surface area contributed by atoms with E-state index in [1.165, 1.54) is 17.0 Å². The monoisotopic (exact) mass is 278 g/mol. The maximum Gasteiger partial charge on any atom is 0.405 e. The van der Waals surface area contributed by atoms with Gasteiger partial charge in [-0.3, -0.25) is 9.69 Å². The minimum Gasteiger partial charge on any atom is -0.345 e. The molecule has 0 heterocycles. The number of carbonyl (C=O) groups excluding carboxylic acids is 1. The summed E-state index contributed by atoms with van der Waals surface area (Å²) in [7, 11) is 3.11. The summed E-state index contributed by atoms with van der Waals surface area (Å²) < 4.78 is 49.0. The Kier molecular flexibility index (Phi) is 4.88. The van der Waals surface area contributed by atoms with E-state index in [4.69, 9.17) is 0 Å². The summed E-state index contributed by atoms with van der Waals surface area (Å²) in [5.74, 6) is -1.26. The molecule has 1 rings (SSSR count). The van der Waals surface area contributed by atoms with Crippen molar-refractivity contribution in [2.75, 3.05) is 20.6 Å². The van der Waals surface area contributed by atoms with Gasteiger partial charge in [0.05, 0.1) is 0 Å². The molecule has 0 bridgehead atoms. The zero-order valence-electron chi connectivity index (χ0n) is 10.5. The fraction of sp³-hybridized carbons (Fsp3) is 0.417. The lowest BCUT2D eigenvalue weighted by Gasteiger charge is -2.24. The quantitative estimate of drug-likeness (QED) is 0.855. The number of nitrogens with zero attached hydrogens (tertiary/aromatic N) is 1. The summed E-state index contributed by atoms with van der Waals surface area (Å²) in [5.41, 5.74) is 0.422. The number of hydrogen-bond donors (Lipinski definition) is 1. The number of benzene rings is 1. The first-order valence-corrected chi connectivity index (χ1v) is 5.47. The van der Waals surface area contributed by atoms with Crippen LogP contribution in [0.15, 0.2) is 24.3 Å². The molecular weight excluding hydrogens is 264 g/mol. The summed E-state index contributed by atoms with van der Waals surface area (Å²) in [6, 6.07) is 4.15. The average molecular weight is 278 g/mol. The molecule has 0 aromatic heterocycles. The van der Waals surface area contributed by atoms with Gasteiger partial charge < -0.3 is 5.32 Å². The van der Waals surface area contributed by atoms with Crippen LogP contribution in [-0.4, -0.2) is 37.6 Å². The first-order valence-electron chi connectivity index (χ1n) is 5.47. The van der Waals surface area contributed by atoms with Gasteiger partial charge in [-0.25, -0.2) is 4.39 Å². The van der Waals surface area contributed by atoms with E-state index in [-0.39, 0.29) is 0 Å². The van der Waals surface area contributed by atoms with Crippen LogP contribution in [0.5, 0.6) is 0 Å². The van der Waals surface area contributed by atoms with Crippen LogP contribution < -0.4 is 5.32 Å². The number of rotatable bonds is 4. The molecule has 106 valence electrons. The molecule has 0 aliphatic carbocycles. The van der Waals surface area contributed by atoms with Crippen LogP contribution in [0.2, 0.25) is 0 Å². The third-order valence-corrected chi connectivity index (χ3v) is 2.41. The van der Waals surface area contributed by atoms with E-state index in [9.17, 15) is 22.4 Å². The Morgan fingerprint density at radius 2 is 1.79 bits per heavy atom. The maximum absolute atomic E-state index is 12.8. The predicted octanol–water partition coefficient (Wildman–Crippen LogP) is 2.11. The smallest absolute Gasteiger partial charge is 0.345 e. The molecule has 1 unspecified atom stereocenters. The van der Waals surface area contributed by atoms with Gasteiger partial charge in [-0.15, -0.1) is 0 Å². The van der Waals surface area contributed by atoms with Crippen LogP contribution >= 0.6 is 0 Å². The van der Waals surface area contributed by atoms with Crippen LogP contribution in [0.25, 0.3) is 0 Å². The molecule has 0 spiro atoms. The van der Waals surface area contributed by atoms with Crippen molar-refractivity contribution >= 4 is 5.91 Å². The highest BCUT2D eigenvalue weighted by atomic mass is 19.4. The first kappa shape index (κ1) is 15.4. The normalized spacial score (nSPS) is 13.4. The molecule has 1 atom stereocenters. The molecule has 1 N–H and O–H groups in total. The molecule has 0 saturated heterocycles. The Hall–Kier alpha value is -1.63. The molecule has 3 nitrogen and oxygen atoms in total. The lowest BCUT2D eigenvalue weighted by molar-refractivity contribution is -0.141. The van der Waals surface area contributed by atoms with Gasteiger partial charge in [0.1, 0.15) is 18.4 Å². The van der Waals surface area contributed by atoms with Gasteiger partial charge in [-0.1, -0.05) is 12.1 Å². The van der Waals surface area contributed by atoms with Crippen molar-refractivity contribution < 1.29 is 22.4 Å². The van der Waals surface area contributed by atoms with E-state index in [2.05, 4.69) is 0 Å². The van der Waals surface area contributed by atoms with Crippen LogP contribution in [0.1, 0.15) is 11.6 Å². The molecule has 0 aliphatic rings. The molecule has 1 aromatic carbocycles. The number of hydrogen-bond acceptors (Lipinski definition) is 2. The molecular formula is C12H14F4N2O. The Bertz CT molecular complexity index is 428. The van der Waals surface area contributed by atoms with Gasteiger partial charge in [-0.05, 0) is 31.8 Å². The highest BCUT2D eigenvalue weighted by molar-refractivity contribution is 5.83. The van der Waals surface area contributed by atoms with Crippen LogP contribution in [0, 0.1) is 5.82 Å². The van der Waals surface area contributed by atoms with Crippen LogP contribution in [0.4, 0.5) is 17.6 Å². The molecule has 0 aliphatic heterocycles. The largest absolute Gasteiger partial charge is 0.405 e. The molecule has 1 amide bonds. The predicted molar refractivity (Wildman–Crippen MR) is 61.9 cm³/mol. The van der Waals surface area contributed by atoms with E-state index < -0.39 is 30.5 Å². The molecule has 0 saturated carbocycles. The summed E-state index contributed by atoms with van der Waals surface area (Å²) in [6.45, 7) is -1.39. The van der Waals surface area contributed by atoms with Gasteiger partial charge in [0, 0.05) is 0 Å². The highest BCUT2D eigenvalue weighted by Gasteiger charge is 2.30. The number of likely N-dealkylation sites (N-methyl/N-ethyl adjacent to an activating group) is 1. The van der Waals surface area contributed by atoms with Crippen LogP contribution in [0.3, 0.4) is 0 Å². The summed E-state index contributed by atoms with van der Waals surface area (Å²) >= 11 is 0. The standard InChI is InChI=1S/C12H14F4N2O/c1-18(2)10(8-3-5-9(13)6-4-8)11(19)17-7-12(14,15)16/h3-6,10H,7H2,1-2H3,(H,17,19). The highest BCUT2D eigenvalue weighted by Crippen LogP contribution is 2.20. The van der Waals surface area contributed by atoms with Gasteiger partial charge in [0.25, 0.3) is 0 Å². The molecule has 0 fully saturated rings. The van der Waals surface area contributed by atoms with Crippen LogP contribution in [-0.2, 0) is 4.79 Å². The van der Waals surface area contributed by atoms with Gasteiger partial charge in [-0.2, -0.15) is 13.2 Å². The van der Waals surface area contributed by atoms with Crippen molar-refractivity contribution in [3.63, 3.8) is 0 Å². The Labute approximate surface area is 108 Å². The number of halogens is 4. The van der Waals surface area contributed by atoms with Crippen molar-refractivity contribution in [3.8, 4) is 0 Å². The summed E-state index contributed by atoms with van der Waals surface area (Å²) in [6.07, 6.45) is -4.46. The van der Waals surface area contributed by atoms with Crippen molar-refractivity contribution in [2.24, 2.45) is 0 Å². The van der Waals surface area contributed by atoms with E-state index in [1.807, 2.05) is 5.32 Å². The second-order valence-electron chi connectivity index (χ2n) is 4.25. The number of amides is 1. The minimum atomic E-state index is -4.46. The van der Waals surface area contributed by atoms with E-state index in [0.717, 1.165) is 12.1 Å². The fourth-order valence-electron chi connectivity index (χ4n) is 1.61. The van der Waals surface area contributed by atoms with E-state index >= 15 is 0 Å². The third kappa shape index (κ3) is 4.86. The number of alkyl halides is 3. The van der Waals surface area contributed by atoms with Crippen molar-refractivity contribution in [1.82, 2.24) is 10.2 Å². The first-order chi connectivity index (χ1) is 8.70. The zero-order valence-corrected chi connectivity index (χ0v) is 10.5. The molecule has 0 radical (unpaired) electrons. The molecule has 7 heteroatoms. The van der Waals surface area contributed by atoms with Gasteiger partial charge in [0.2, 0.25) is 5.91 Å². The average Bonchev–Trinajstić information content (AvgIpc) is 2.28. The lowest BCUT2D eigenvalue weighted by Crippen LogP contribution is -2.41. The van der Waals surface area contributed by atoms with E-state index in [1.54, 1.807) is 14.1 Å². The topological polar surface area (TPSA) is 32.3 Å². The summed E-state index contributed by atoms with van der Waals surface area (Å²) in [4.78, 5) is 13.2. The zero-order chi connectivity index (χ0) is 14.6. The second-order valence-corrected chi connectivity index (χ2v) is 4.25. The second kappa shape index (κ2) is 6.01. The Morgan fingerprint density at radius 1 is 1.26 bits per heavy atom. The number of carbonyl (C=O) groups is 1. The van der Waals surface area contributed by atoms with Crippen molar-refractivity contribution in [3.05, 3.63) is 35.6 Å². The lowest BCUT2D eigenvalue weighted by atomic mass is 10.1. The number of nitrogens with one attached hydrogen (secondary N) is 1. The van der Waals surface area contributed by atoms with E-state index in [0.29, 0.717) is 5.56 Å². The summed E-state index contributed by atoms with van der Waals surface area (Å²) in [5, 5.41) is 1.82. The van der Waals surface area contributed by atoms with Crippen molar-refractivity contribution in [1.29, 1.82) is 0 Å². The van der Waals surface area contributed by atoms with Gasteiger partial charge in [0.15, 0.2) is 0 Å².